The molecular formula is C12H15F2NO2. The SMILES string of the molecule is NC(C1CC1)C(CO)Oc1cc(F)cc(F)c1. The van der Waals surface area contributed by atoms with E-state index in [0.717, 1.165) is 31.0 Å². The van der Waals surface area contributed by atoms with E-state index in [4.69, 9.17) is 10.5 Å². The average molecular weight is 243 g/mol. The molecule has 3 N–H and O–H groups in total. The Morgan fingerprint density at radius 3 is 2.35 bits per heavy atom. The Kier molecular flexibility index (Phi) is 3.59. The molecular weight excluding hydrogens is 228 g/mol. The van der Waals surface area contributed by atoms with Gasteiger partial charge >= 0.3 is 0 Å². The van der Waals surface area contributed by atoms with E-state index in [-0.39, 0.29) is 18.4 Å². The largest absolute Gasteiger partial charge is 0.486 e. The highest BCUT2D eigenvalue weighted by Crippen LogP contribution is 2.33. The summed E-state index contributed by atoms with van der Waals surface area (Å²) in [6, 6.07) is 2.62. The van der Waals surface area contributed by atoms with Crippen molar-refractivity contribution < 1.29 is 18.6 Å². The lowest BCUT2D eigenvalue weighted by Gasteiger charge is -2.23. The normalized spacial score (nSPS) is 18.8. The maximum absolute atomic E-state index is 12.9. The Labute approximate surface area is 98.2 Å². The van der Waals surface area contributed by atoms with Crippen LogP contribution in [0.2, 0.25) is 0 Å². The van der Waals surface area contributed by atoms with Crippen LogP contribution in [-0.2, 0) is 0 Å². The number of aliphatic hydroxyl groups is 1. The van der Waals surface area contributed by atoms with Gasteiger partial charge in [0.25, 0.3) is 0 Å². The molecule has 0 saturated heterocycles. The number of benzene rings is 1. The molecule has 0 heterocycles. The van der Waals surface area contributed by atoms with Gasteiger partial charge in [0.1, 0.15) is 23.5 Å². The third-order valence-corrected chi connectivity index (χ3v) is 2.90. The van der Waals surface area contributed by atoms with Gasteiger partial charge in [0.15, 0.2) is 0 Å². The molecule has 0 radical (unpaired) electrons. The predicted molar refractivity (Wildman–Crippen MR) is 58.6 cm³/mol. The highest BCUT2D eigenvalue weighted by Gasteiger charge is 2.34. The molecule has 0 bridgehead atoms. The molecule has 3 nitrogen and oxygen atoms in total. The summed E-state index contributed by atoms with van der Waals surface area (Å²) in [6.45, 7) is -0.268. The van der Waals surface area contributed by atoms with E-state index in [1.54, 1.807) is 0 Å². The molecule has 1 aliphatic carbocycles. The molecule has 17 heavy (non-hydrogen) atoms. The number of ether oxygens (including phenoxy) is 1. The van der Waals surface area contributed by atoms with Crippen LogP contribution in [0, 0.1) is 17.6 Å². The first-order valence-corrected chi connectivity index (χ1v) is 5.59. The standard InChI is InChI=1S/C12H15F2NO2/c13-8-3-9(14)5-10(4-8)17-11(6-16)12(15)7-1-2-7/h3-5,7,11-12,16H,1-2,6,15H2. The van der Waals surface area contributed by atoms with Crippen molar-refractivity contribution in [2.75, 3.05) is 6.61 Å². The molecule has 1 aliphatic rings. The first-order chi connectivity index (χ1) is 8.10. The number of nitrogens with two attached hydrogens (primary N) is 1. The summed E-state index contributed by atoms with van der Waals surface area (Å²) < 4.78 is 31.2. The van der Waals surface area contributed by atoms with Gasteiger partial charge in [-0.25, -0.2) is 8.78 Å². The lowest BCUT2D eigenvalue weighted by atomic mass is 10.1. The zero-order chi connectivity index (χ0) is 12.4. The van der Waals surface area contributed by atoms with Gasteiger partial charge in [-0.05, 0) is 18.8 Å². The Hall–Kier alpha value is -1.20. The minimum atomic E-state index is -0.711. The molecule has 5 heteroatoms. The fraction of sp³-hybridized carbons (Fsp3) is 0.500. The first-order valence-electron chi connectivity index (χ1n) is 5.59. The summed E-state index contributed by atoms with van der Waals surface area (Å²) in [6.07, 6.45) is 1.40. The van der Waals surface area contributed by atoms with Gasteiger partial charge in [-0.3, -0.25) is 0 Å². The molecule has 1 aromatic carbocycles. The van der Waals surface area contributed by atoms with Crippen molar-refractivity contribution in [2.24, 2.45) is 11.7 Å². The molecule has 1 aromatic rings. The first kappa shape index (κ1) is 12.3. The summed E-state index contributed by atoms with van der Waals surface area (Å²) in [7, 11) is 0. The predicted octanol–water partition coefficient (Wildman–Crippen LogP) is 1.44. The second-order valence-electron chi connectivity index (χ2n) is 4.36. The van der Waals surface area contributed by atoms with Crippen LogP contribution < -0.4 is 10.5 Å². The molecule has 2 atom stereocenters. The van der Waals surface area contributed by atoms with Gasteiger partial charge in [-0.1, -0.05) is 0 Å². The molecule has 0 spiro atoms. The number of aliphatic hydroxyl groups excluding tert-OH is 1. The summed E-state index contributed by atoms with van der Waals surface area (Å²) in [5, 5.41) is 9.18. The molecule has 0 aromatic heterocycles. The minimum Gasteiger partial charge on any atom is -0.486 e. The van der Waals surface area contributed by atoms with Crippen LogP contribution in [-0.4, -0.2) is 23.9 Å². The number of hydrogen-bond donors (Lipinski definition) is 2. The second kappa shape index (κ2) is 4.98. The van der Waals surface area contributed by atoms with Crippen LogP contribution in [0.5, 0.6) is 5.75 Å². The van der Waals surface area contributed by atoms with Crippen molar-refractivity contribution in [1.82, 2.24) is 0 Å². The smallest absolute Gasteiger partial charge is 0.137 e. The van der Waals surface area contributed by atoms with Crippen LogP contribution in [0.3, 0.4) is 0 Å². The molecule has 1 fully saturated rings. The lowest BCUT2D eigenvalue weighted by Crippen LogP contribution is -2.43. The van der Waals surface area contributed by atoms with Crippen LogP contribution >= 0.6 is 0 Å². The van der Waals surface area contributed by atoms with Crippen molar-refractivity contribution >= 4 is 0 Å². The highest BCUT2D eigenvalue weighted by molar-refractivity contribution is 5.24. The quantitative estimate of drug-likeness (QED) is 0.822. The van der Waals surface area contributed by atoms with Crippen LogP contribution in [0.4, 0.5) is 8.78 Å². The fourth-order valence-electron chi connectivity index (χ4n) is 1.79. The van der Waals surface area contributed by atoms with Gasteiger partial charge in [-0.2, -0.15) is 0 Å². The van der Waals surface area contributed by atoms with E-state index in [2.05, 4.69) is 0 Å². The third-order valence-electron chi connectivity index (χ3n) is 2.90. The van der Waals surface area contributed by atoms with Crippen molar-refractivity contribution in [1.29, 1.82) is 0 Å². The van der Waals surface area contributed by atoms with E-state index >= 15 is 0 Å². The van der Waals surface area contributed by atoms with E-state index in [9.17, 15) is 13.9 Å². The Morgan fingerprint density at radius 2 is 1.88 bits per heavy atom. The van der Waals surface area contributed by atoms with Gasteiger partial charge in [0, 0.05) is 24.2 Å². The topological polar surface area (TPSA) is 55.5 Å². The number of rotatable bonds is 5. The van der Waals surface area contributed by atoms with E-state index in [1.807, 2.05) is 0 Å². The average Bonchev–Trinajstić information content (AvgIpc) is 3.07. The maximum Gasteiger partial charge on any atom is 0.137 e. The molecule has 1 saturated carbocycles. The number of hydrogen-bond acceptors (Lipinski definition) is 3. The van der Waals surface area contributed by atoms with E-state index in [0.29, 0.717) is 5.92 Å². The van der Waals surface area contributed by atoms with Crippen LogP contribution in [0.1, 0.15) is 12.8 Å². The maximum atomic E-state index is 12.9. The molecule has 0 amide bonds. The molecule has 2 rings (SSSR count). The van der Waals surface area contributed by atoms with Crippen molar-refractivity contribution in [3.05, 3.63) is 29.8 Å². The number of halogens is 2. The summed E-state index contributed by atoms with van der Waals surface area (Å²) in [5.74, 6) is -1.03. The zero-order valence-electron chi connectivity index (χ0n) is 9.27. The Bertz CT molecular complexity index is 376. The highest BCUT2D eigenvalue weighted by atomic mass is 19.1. The Balaban J connectivity index is 2.06. The van der Waals surface area contributed by atoms with Crippen molar-refractivity contribution in [3.63, 3.8) is 0 Å². The van der Waals surface area contributed by atoms with Crippen molar-refractivity contribution in [3.8, 4) is 5.75 Å². The summed E-state index contributed by atoms with van der Waals surface area (Å²) >= 11 is 0. The van der Waals surface area contributed by atoms with Crippen LogP contribution in [0.15, 0.2) is 18.2 Å². The Morgan fingerprint density at radius 1 is 1.29 bits per heavy atom. The lowest BCUT2D eigenvalue weighted by molar-refractivity contribution is 0.0876. The zero-order valence-corrected chi connectivity index (χ0v) is 9.27. The van der Waals surface area contributed by atoms with E-state index < -0.39 is 17.7 Å². The fourth-order valence-corrected chi connectivity index (χ4v) is 1.79. The summed E-state index contributed by atoms with van der Waals surface area (Å²) in [4.78, 5) is 0. The molecule has 94 valence electrons. The monoisotopic (exact) mass is 243 g/mol. The van der Waals surface area contributed by atoms with Gasteiger partial charge in [-0.15, -0.1) is 0 Å². The van der Waals surface area contributed by atoms with Gasteiger partial charge in [0.2, 0.25) is 0 Å². The van der Waals surface area contributed by atoms with Crippen molar-refractivity contribution in [2.45, 2.75) is 25.0 Å². The molecule has 2 unspecified atom stereocenters. The summed E-state index contributed by atoms with van der Waals surface area (Å²) in [5.41, 5.74) is 5.89. The molecule has 0 aliphatic heterocycles. The van der Waals surface area contributed by atoms with Gasteiger partial charge in [0.05, 0.1) is 6.61 Å². The second-order valence-corrected chi connectivity index (χ2v) is 4.36. The van der Waals surface area contributed by atoms with Crippen LogP contribution in [0.25, 0.3) is 0 Å². The van der Waals surface area contributed by atoms with Gasteiger partial charge < -0.3 is 15.6 Å². The van der Waals surface area contributed by atoms with E-state index in [1.165, 1.54) is 0 Å². The minimum absolute atomic E-state index is 0.0534. The third kappa shape index (κ3) is 3.14.